The summed E-state index contributed by atoms with van der Waals surface area (Å²) in [5.74, 6) is -0.593. The van der Waals surface area contributed by atoms with E-state index in [9.17, 15) is 18.0 Å². The summed E-state index contributed by atoms with van der Waals surface area (Å²) in [6.07, 6.45) is 2.46. The van der Waals surface area contributed by atoms with Gasteiger partial charge in [-0.25, -0.2) is 18.2 Å². The number of hydrogen-bond acceptors (Lipinski definition) is 8. The molecular weight excluding hydrogens is 436 g/mol. The highest BCUT2D eigenvalue weighted by Gasteiger charge is 2.41. The molecule has 0 saturated carbocycles. The summed E-state index contributed by atoms with van der Waals surface area (Å²) in [5, 5.41) is 2.35. The number of nitrogens with zero attached hydrogens (tertiary/aromatic N) is 3. The van der Waals surface area contributed by atoms with E-state index in [0.717, 1.165) is 23.2 Å². The van der Waals surface area contributed by atoms with E-state index < -0.39 is 33.0 Å². The van der Waals surface area contributed by atoms with Gasteiger partial charge in [0.2, 0.25) is 16.8 Å². The van der Waals surface area contributed by atoms with Crippen LogP contribution in [-0.4, -0.2) is 61.9 Å². The van der Waals surface area contributed by atoms with Crippen molar-refractivity contribution in [3.8, 4) is 0 Å². The molecule has 32 heavy (non-hydrogen) atoms. The van der Waals surface area contributed by atoms with Crippen molar-refractivity contribution in [1.82, 2.24) is 9.29 Å². The molecule has 0 bridgehead atoms. The van der Waals surface area contributed by atoms with Crippen LogP contribution in [0.3, 0.4) is 0 Å². The standard InChI is InChI=1S/C21H28N4O6S/c1-4-24(5-2)18-11-9-15(14-22-18)23-20(26)16-8-7-13-25(16)32(28,29)19-12-10-17(31-19)21(27)30-6-3/h9-12,14,16H,4-8,13H2,1-3H3,(H,23,26). The Balaban J connectivity index is 1.73. The zero-order valence-corrected chi connectivity index (χ0v) is 19.2. The first-order valence-corrected chi connectivity index (χ1v) is 12.1. The molecule has 1 aliphatic rings. The molecule has 0 aromatic carbocycles. The first-order chi connectivity index (χ1) is 15.3. The topological polar surface area (TPSA) is 122 Å². The second kappa shape index (κ2) is 10.1. The van der Waals surface area contributed by atoms with Crippen molar-refractivity contribution in [3.05, 3.63) is 36.2 Å². The minimum Gasteiger partial charge on any atom is -0.460 e. The molecule has 174 valence electrons. The monoisotopic (exact) mass is 464 g/mol. The van der Waals surface area contributed by atoms with Gasteiger partial charge in [-0.2, -0.15) is 4.31 Å². The molecule has 0 spiro atoms. The lowest BCUT2D eigenvalue weighted by Gasteiger charge is -2.22. The molecule has 3 heterocycles. The zero-order chi connectivity index (χ0) is 23.3. The third kappa shape index (κ3) is 4.94. The summed E-state index contributed by atoms with van der Waals surface area (Å²) in [7, 11) is -4.10. The van der Waals surface area contributed by atoms with Crippen LogP contribution in [0.4, 0.5) is 11.5 Å². The summed E-state index contributed by atoms with van der Waals surface area (Å²) >= 11 is 0. The van der Waals surface area contributed by atoms with Crippen LogP contribution >= 0.6 is 0 Å². The van der Waals surface area contributed by atoms with Crippen LogP contribution in [0, 0.1) is 0 Å². The zero-order valence-electron chi connectivity index (χ0n) is 18.4. The number of anilines is 2. The number of ether oxygens (including phenoxy) is 1. The molecule has 1 saturated heterocycles. The fourth-order valence-corrected chi connectivity index (χ4v) is 5.17. The molecule has 1 amide bonds. The van der Waals surface area contributed by atoms with Crippen LogP contribution in [-0.2, 0) is 19.6 Å². The molecule has 2 aromatic heterocycles. The lowest BCUT2D eigenvalue weighted by molar-refractivity contribution is -0.119. The number of furan rings is 1. The van der Waals surface area contributed by atoms with Crippen molar-refractivity contribution in [2.24, 2.45) is 0 Å². The maximum Gasteiger partial charge on any atom is 0.374 e. The summed E-state index contributed by atoms with van der Waals surface area (Å²) < 4.78 is 37.3. The maximum atomic E-state index is 13.1. The molecule has 1 aliphatic heterocycles. The molecule has 0 radical (unpaired) electrons. The minimum absolute atomic E-state index is 0.140. The second-order valence-electron chi connectivity index (χ2n) is 7.18. The Labute approximate surface area is 187 Å². The minimum atomic E-state index is -4.10. The lowest BCUT2D eigenvalue weighted by atomic mass is 10.2. The van der Waals surface area contributed by atoms with Crippen LogP contribution in [0.2, 0.25) is 0 Å². The van der Waals surface area contributed by atoms with Gasteiger partial charge in [0.15, 0.2) is 0 Å². The molecule has 1 unspecified atom stereocenters. The number of aromatic nitrogens is 1. The Morgan fingerprint density at radius 3 is 2.59 bits per heavy atom. The van der Waals surface area contributed by atoms with Crippen LogP contribution in [0.25, 0.3) is 0 Å². The first-order valence-electron chi connectivity index (χ1n) is 10.6. The number of pyridine rings is 1. The Hall–Kier alpha value is -2.92. The van der Waals surface area contributed by atoms with E-state index in [-0.39, 0.29) is 18.9 Å². The predicted molar refractivity (Wildman–Crippen MR) is 118 cm³/mol. The molecule has 2 aromatic rings. The molecule has 11 heteroatoms. The summed E-state index contributed by atoms with van der Waals surface area (Å²) in [5.41, 5.74) is 0.484. The van der Waals surface area contributed by atoms with Gasteiger partial charge in [-0.15, -0.1) is 0 Å². The van der Waals surface area contributed by atoms with Crippen molar-refractivity contribution >= 4 is 33.4 Å². The Kier molecular flexibility index (Phi) is 7.52. The Morgan fingerprint density at radius 1 is 1.22 bits per heavy atom. The van der Waals surface area contributed by atoms with Crippen molar-refractivity contribution in [2.45, 2.75) is 44.7 Å². The van der Waals surface area contributed by atoms with Crippen molar-refractivity contribution in [2.75, 3.05) is 36.5 Å². The summed E-state index contributed by atoms with van der Waals surface area (Å²) in [4.78, 5) is 31.1. The highest BCUT2D eigenvalue weighted by atomic mass is 32.2. The second-order valence-corrected chi connectivity index (χ2v) is 9.00. The first kappa shape index (κ1) is 23.7. The third-order valence-corrected chi connectivity index (χ3v) is 7.01. The lowest BCUT2D eigenvalue weighted by Crippen LogP contribution is -2.43. The third-order valence-electron chi connectivity index (χ3n) is 5.23. The van der Waals surface area contributed by atoms with Gasteiger partial charge < -0.3 is 19.4 Å². The van der Waals surface area contributed by atoms with Gasteiger partial charge in [0.1, 0.15) is 11.9 Å². The van der Waals surface area contributed by atoms with Crippen molar-refractivity contribution < 1.29 is 27.2 Å². The largest absolute Gasteiger partial charge is 0.460 e. The van der Waals surface area contributed by atoms with E-state index in [2.05, 4.69) is 15.2 Å². The average molecular weight is 465 g/mol. The summed E-state index contributed by atoms with van der Waals surface area (Å²) in [6, 6.07) is 5.11. The quantitative estimate of drug-likeness (QED) is 0.562. The average Bonchev–Trinajstić information content (AvgIpc) is 3.47. The number of amides is 1. The van der Waals surface area contributed by atoms with Gasteiger partial charge in [0.25, 0.3) is 10.0 Å². The highest BCUT2D eigenvalue weighted by molar-refractivity contribution is 7.89. The molecular formula is C21H28N4O6S. The van der Waals surface area contributed by atoms with Crippen LogP contribution in [0.15, 0.2) is 40.0 Å². The van der Waals surface area contributed by atoms with Gasteiger partial charge in [0, 0.05) is 19.6 Å². The number of hydrogen-bond donors (Lipinski definition) is 1. The van der Waals surface area contributed by atoms with Gasteiger partial charge in [-0.05, 0) is 57.9 Å². The molecule has 1 atom stereocenters. The number of carbonyl (C=O) groups excluding carboxylic acids is 2. The number of rotatable bonds is 9. The molecule has 1 N–H and O–H groups in total. The molecule has 10 nitrogen and oxygen atoms in total. The fourth-order valence-electron chi connectivity index (χ4n) is 3.60. The van der Waals surface area contributed by atoms with E-state index in [1.165, 1.54) is 12.1 Å². The fraction of sp³-hybridized carbons (Fsp3) is 0.476. The van der Waals surface area contributed by atoms with E-state index in [4.69, 9.17) is 9.15 Å². The highest BCUT2D eigenvalue weighted by Crippen LogP contribution is 2.28. The normalized spacial score (nSPS) is 16.7. The van der Waals surface area contributed by atoms with Gasteiger partial charge in [0.05, 0.1) is 18.5 Å². The molecule has 1 fully saturated rings. The van der Waals surface area contributed by atoms with E-state index in [1.807, 2.05) is 19.9 Å². The van der Waals surface area contributed by atoms with E-state index in [1.54, 1.807) is 19.2 Å². The smallest absolute Gasteiger partial charge is 0.374 e. The number of sulfonamides is 1. The predicted octanol–water partition coefficient (Wildman–Crippen LogP) is 2.49. The SMILES string of the molecule is CCOC(=O)c1ccc(S(=O)(=O)N2CCCC2C(=O)Nc2ccc(N(CC)CC)nc2)o1. The maximum absolute atomic E-state index is 13.1. The van der Waals surface area contributed by atoms with Crippen LogP contribution in [0.5, 0.6) is 0 Å². The Bertz CT molecular complexity index is 1050. The Morgan fingerprint density at radius 2 is 1.97 bits per heavy atom. The van der Waals surface area contributed by atoms with Gasteiger partial charge in [-0.1, -0.05) is 0 Å². The summed E-state index contributed by atoms with van der Waals surface area (Å²) in [6.45, 7) is 7.65. The van der Waals surface area contributed by atoms with Crippen molar-refractivity contribution in [1.29, 1.82) is 0 Å². The van der Waals surface area contributed by atoms with Crippen molar-refractivity contribution in [3.63, 3.8) is 0 Å². The van der Waals surface area contributed by atoms with E-state index >= 15 is 0 Å². The number of nitrogens with one attached hydrogen (secondary N) is 1. The number of esters is 1. The number of carbonyl (C=O) groups is 2. The van der Waals surface area contributed by atoms with Gasteiger partial charge in [-0.3, -0.25) is 4.79 Å². The van der Waals surface area contributed by atoms with Crippen LogP contribution in [0.1, 0.15) is 44.2 Å². The van der Waals surface area contributed by atoms with E-state index in [0.29, 0.717) is 18.5 Å². The molecule has 0 aliphatic carbocycles. The molecule has 3 rings (SSSR count). The van der Waals surface area contributed by atoms with Gasteiger partial charge >= 0.3 is 5.97 Å². The van der Waals surface area contributed by atoms with Crippen LogP contribution < -0.4 is 10.2 Å².